The van der Waals surface area contributed by atoms with Crippen LogP contribution in [0.15, 0.2) is 12.4 Å². The second-order valence-electron chi connectivity index (χ2n) is 6.50. The van der Waals surface area contributed by atoms with Crippen molar-refractivity contribution in [2.45, 2.75) is 44.1 Å². The molecule has 0 radical (unpaired) electrons. The summed E-state index contributed by atoms with van der Waals surface area (Å²) in [6.07, 6.45) is 1.45. The molecule has 0 spiro atoms. The van der Waals surface area contributed by atoms with Crippen molar-refractivity contribution in [2.24, 2.45) is 0 Å². The van der Waals surface area contributed by atoms with E-state index in [0.29, 0.717) is 25.4 Å². The number of ether oxygens (including phenoxy) is 1. The van der Waals surface area contributed by atoms with E-state index in [1.165, 1.54) is 12.4 Å². The summed E-state index contributed by atoms with van der Waals surface area (Å²) >= 11 is 0. The Labute approximate surface area is 143 Å². The quantitative estimate of drug-likeness (QED) is 0.845. The van der Waals surface area contributed by atoms with Crippen LogP contribution in [-0.4, -0.2) is 56.2 Å². The van der Waals surface area contributed by atoms with Crippen molar-refractivity contribution in [3.8, 4) is 0 Å². The number of nitrogens with zero attached hydrogens (tertiary/aromatic N) is 5. The molecule has 0 bridgehead atoms. The van der Waals surface area contributed by atoms with Gasteiger partial charge in [-0.3, -0.25) is 4.79 Å². The highest BCUT2D eigenvalue weighted by molar-refractivity contribution is 5.81. The van der Waals surface area contributed by atoms with Gasteiger partial charge in [-0.05, 0) is 31.7 Å². The molecule has 2 saturated heterocycles. The third-order valence-corrected chi connectivity index (χ3v) is 4.88. The number of hydrogen-bond donors (Lipinski definition) is 0. The van der Waals surface area contributed by atoms with Crippen molar-refractivity contribution >= 4 is 11.7 Å². The largest absolute Gasteiger partial charge is 0.368 e. The van der Waals surface area contributed by atoms with E-state index >= 15 is 0 Å². The van der Waals surface area contributed by atoms with Crippen LogP contribution in [0, 0.1) is 0 Å². The Hall–Kier alpha value is -2.16. The van der Waals surface area contributed by atoms with Crippen LogP contribution < -0.4 is 0 Å². The summed E-state index contributed by atoms with van der Waals surface area (Å²) in [6, 6.07) is 1.39. The van der Waals surface area contributed by atoms with Crippen molar-refractivity contribution in [1.82, 2.24) is 24.5 Å². The van der Waals surface area contributed by atoms with Gasteiger partial charge in [0, 0.05) is 25.6 Å². The second kappa shape index (κ2) is 6.62. The monoisotopic (exact) mass is 351 g/mol. The molecular formula is C16H19F2N5O2. The molecule has 9 heteroatoms. The molecule has 2 fully saturated rings. The van der Waals surface area contributed by atoms with Gasteiger partial charge in [-0.15, -0.1) is 0 Å². The van der Waals surface area contributed by atoms with Crippen LogP contribution in [0.3, 0.4) is 0 Å². The van der Waals surface area contributed by atoms with E-state index in [0.717, 1.165) is 30.2 Å². The number of carbonyl (C=O) groups excluding carboxylic acids is 1. The topological polar surface area (TPSA) is 72.6 Å². The summed E-state index contributed by atoms with van der Waals surface area (Å²) < 4.78 is 33.2. The Balaban J connectivity index is 1.58. The molecule has 4 heterocycles. The van der Waals surface area contributed by atoms with Crippen molar-refractivity contribution in [2.75, 3.05) is 19.7 Å². The van der Waals surface area contributed by atoms with Crippen LogP contribution >= 0.6 is 0 Å². The smallest absolute Gasteiger partial charge is 0.280 e. The fraction of sp³-hybridized carbons (Fsp3) is 0.625. The average molecular weight is 351 g/mol. The van der Waals surface area contributed by atoms with E-state index in [2.05, 4.69) is 15.1 Å². The van der Waals surface area contributed by atoms with Gasteiger partial charge in [0.1, 0.15) is 18.1 Å². The fourth-order valence-electron chi connectivity index (χ4n) is 3.61. The Kier molecular flexibility index (Phi) is 4.32. The summed E-state index contributed by atoms with van der Waals surface area (Å²) in [4.78, 5) is 22.7. The number of rotatable bonds is 3. The number of amides is 1. The predicted octanol–water partition coefficient (Wildman–Crippen LogP) is 1.95. The molecule has 0 aromatic carbocycles. The van der Waals surface area contributed by atoms with E-state index in [9.17, 15) is 13.6 Å². The SMILES string of the molecule is O=C([C@@H]1CCCO1)N1CCC[C@@H](c2cc(C(F)F)n3ncnc3n2)C1. The van der Waals surface area contributed by atoms with E-state index in [1.54, 1.807) is 4.90 Å². The number of halogens is 2. The van der Waals surface area contributed by atoms with Crippen LogP contribution in [0.2, 0.25) is 0 Å². The molecule has 2 aromatic heterocycles. The molecule has 0 unspecified atom stereocenters. The van der Waals surface area contributed by atoms with Gasteiger partial charge in [-0.25, -0.2) is 13.8 Å². The Morgan fingerprint density at radius 2 is 2.20 bits per heavy atom. The highest BCUT2D eigenvalue weighted by Gasteiger charge is 2.33. The molecule has 4 rings (SSSR count). The van der Waals surface area contributed by atoms with Crippen molar-refractivity contribution < 1.29 is 18.3 Å². The zero-order valence-electron chi connectivity index (χ0n) is 13.6. The maximum absolute atomic E-state index is 13.3. The maximum Gasteiger partial charge on any atom is 0.280 e. The second-order valence-corrected chi connectivity index (χ2v) is 6.50. The highest BCUT2D eigenvalue weighted by Crippen LogP contribution is 2.30. The molecule has 2 aliphatic rings. The molecule has 0 N–H and O–H groups in total. The van der Waals surface area contributed by atoms with E-state index in [-0.39, 0.29) is 29.4 Å². The lowest BCUT2D eigenvalue weighted by atomic mass is 9.93. The van der Waals surface area contributed by atoms with Crippen LogP contribution in [-0.2, 0) is 9.53 Å². The van der Waals surface area contributed by atoms with Crippen molar-refractivity contribution in [3.05, 3.63) is 23.8 Å². The molecule has 2 atom stereocenters. The van der Waals surface area contributed by atoms with Gasteiger partial charge in [-0.1, -0.05) is 0 Å². The highest BCUT2D eigenvalue weighted by atomic mass is 19.3. The van der Waals surface area contributed by atoms with Gasteiger partial charge in [0.05, 0.1) is 5.69 Å². The first-order valence-corrected chi connectivity index (χ1v) is 8.52. The number of alkyl halides is 2. The molecule has 2 aromatic rings. The van der Waals surface area contributed by atoms with Gasteiger partial charge in [0.25, 0.3) is 18.1 Å². The zero-order valence-corrected chi connectivity index (χ0v) is 13.6. The summed E-state index contributed by atoms with van der Waals surface area (Å²) in [5.41, 5.74) is 0.320. The lowest BCUT2D eigenvalue weighted by Crippen LogP contribution is -2.44. The summed E-state index contributed by atoms with van der Waals surface area (Å²) in [7, 11) is 0. The normalized spacial score (nSPS) is 24.4. The first-order chi connectivity index (χ1) is 12.1. The Bertz CT molecular complexity index is 775. The van der Waals surface area contributed by atoms with Gasteiger partial charge in [-0.2, -0.15) is 14.6 Å². The van der Waals surface area contributed by atoms with Gasteiger partial charge in [0.15, 0.2) is 0 Å². The van der Waals surface area contributed by atoms with E-state index < -0.39 is 6.43 Å². The number of aromatic nitrogens is 4. The van der Waals surface area contributed by atoms with Crippen molar-refractivity contribution in [1.29, 1.82) is 0 Å². The predicted molar refractivity (Wildman–Crippen MR) is 83.3 cm³/mol. The third-order valence-electron chi connectivity index (χ3n) is 4.88. The van der Waals surface area contributed by atoms with Gasteiger partial charge < -0.3 is 9.64 Å². The molecule has 0 saturated carbocycles. The van der Waals surface area contributed by atoms with E-state index in [1.807, 2.05) is 0 Å². The third kappa shape index (κ3) is 3.08. The fourth-order valence-corrected chi connectivity index (χ4v) is 3.61. The maximum atomic E-state index is 13.3. The molecule has 134 valence electrons. The standard InChI is InChI=1S/C16H19F2N5O2/c17-14(18)12-7-11(21-16-19-9-20-23(12)16)10-3-1-5-22(8-10)15(24)13-4-2-6-25-13/h7,9-10,13-14H,1-6,8H2/t10-,13+/m1/s1. The number of piperidine rings is 1. The number of fused-ring (bicyclic) bond motifs is 1. The Morgan fingerprint density at radius 3 is 2.96 bits per heavy atom. The Morgan fingerprint density at radius 1 is 1.32 bits per heavy atom. The van der Waals surface area contributed by atoms with Gasteiger partial charge in [0.2, 0.25) is 0 Å². The van der Waals surface area contributed by atoms with Crippen LogP contribution in [0.25, 0.3) is 5.78 Å². The minimum atomic E-state index is -2.67. The van der Waals surface area contributed by atoms with Crippen LogP contribution in [0.1, 0.15) is 49.4 Å². The zero-order chi connectivity index (χ0) is 17.4. The van der Waals surface area contributed by atoms with E-state index in [4.69, 9.17) is 4.74 Å². The number of carbonyl (C=O) groups is 1. The lowest BCUT2D eigenvalue weighted by molar-refractivity contribution is -0.142. The first-order valence-electron chi connectivity index (χ1n) is 8.52. The van der Waals surface area contributed by atoms with Gasteiger partial charge >= 0.3 is 0 Å². The average Bonchev–Trinajstić information content (AvgIpc) is 3.31. The summed E-state index contributed by atoms with van der Waals surface area (Å²) in [5, 5.41) is 3.80. The van der Waals surface area contributed by atoms with Crippen LogP contribution in [0.5, 0.6) is 0 Å². The lowest BCUT2D eigenvalue weighted by Gasteiger charge is -2.34. The molecule has 1 amide bonds. The molecule has 25 heavy (non-hydrogen) atoms. The summed E-state index contributed by atoms with van der Waals surface area (Å²) in [6.45, 7) is 1.76. The van der Waals surface area contributed by atoms with Crippen molar-refractivity contribution in [3.63, 3.8) is 0 Å². The molecular weight excluding hydrogens is 332 g/mol. The number of hydrogen-bond acceptors (Lipinski definition) is 5. The number of likely N-dealkylation sites (tertiary alicyclic amines) is 1. The molecule has 7 nitrogen and oxygen atoms in total. The molecule has 0 aliphatic carbocycles. The minimum Gasteiger partial charge on any atom is -0.368 e. The first kappa shape index (κ1) is 16.3. The van der Waals surface area contributed by atoms with Crippen LogP contribution in [0.4, 0.5) is 8.78 Å². The molecule has 2 aliphatic heterocycles. The minimum absolute atomic E-state index is 0.000149. The summed E-state index contributed by atoms with van der Waals surface area (Å²) in [5.74, 6) is 0.0773.